The van der Waals surface area contributed by atoms with Gasteiger partial charge in [0.1, 0.15) is 0 Å². The third-order valence-electron chi connectivity index (χ3n) is 3.27. The van der Waals surface area contributed by atoms with Gasteiger partial charge in [-0.25, -0.2) is 0 Å². The van der Waals surface area contributed by atoms with E-state index < -0.39 is 6.04 Å². The van der Waals surface area contributed by atoms with Crippen molar-refractivity contribution in [3.63, 3.8) is 0 Å². The molecule has 0 saturated carbocycles. The Balaban J connectivity index is 0.00000361. The lowest BCUT2D eigenvalue weighted by molar-refractivity contribution is -0.137. The van der Waals surface area contributed by atoms with Gasteiger partial charge in [-0.3, -0.25) is 9.59 Å². The molecule has 0 aromatic rings. The molecular formula is C13H26ClN3O3. The topological polar surface area (TPSA) is 84.7 Å². The number of hydrogen-bond donors (Lipinski definition) is 2. The lowest BCUT2D eigenvalue weighted by Gasteiger charge is -2.29. The van der Waals surface area contributed by atoms with Gasteiger partial charge in [-0.05, 0) is 32.6 Å². The normalized spacial score (nSPS) is 17.2. The van der Waals surface area contributed by atoms with Gasteiger partial charge in [0, 0.05) is 26.3 Å². The number of hydrogen-bond acceptors (Lipinski definition) is 4. The zero-order valence-electron chi connectivity index (χ0n) is 12.4. The second-order valence-corrected chi connectivity index (χ2v) is 5.39. The number of nitrogens with zero attached hydrogens (tertiary/aromatic N) is 1. The van der Waals surface area contributed by atoms with E-state index in [-0.39, 0.29) is 42.7 Å². The summed E-state index contributed by atoms with van der Waals surface area (Å²) in [5.41, 5.74) is 5.99. The summed E-state index contributed by atoms with van der Waals surface area (Å²) in [6.45, 7) is 5.13. The number of amides is 2. The molecule has 1 unspecified atom stereocenters. The monoisotopic (exact) mass is 307 g/mol. The summed E-state index contributed by atoms with van der Waals surface area (Å²) in [7, 11) is 1.61. The molecule has 118 valence electrons. The van der Waals surface area contributed by atoms with Crippen molar-refractivity contribution in [3.8, 4) is 0 Å². The minimum atomic E-state index is -0.541. The van der Waals surface area contributed by atoms with Crippen molar-refractivity contribution in [1.82, 2.24) is 10.2 Å². The van der Waals surface area contributed by atoms with Crippen LogP contribution in [0.3, 0.4) is 0 Å². The predicted molar refractivity (Wildman–Crippen MR) is 79.7 cm³/mol. The summed E-state index contributed by atoms with van der Waals surface area (Å²) >= 11 is 0. The van der Waals surface area contributed by atoms with Crippen LogP contribution in [0.1, 0.15) is 26.7 Å². The molecule has 7 heteroatoms. The Bertz CT molecular complexity index is 320. The van der Waals surface area contributed by atoms with Gasteiger partial charge in [0.15, 0.2) is 0 Å². The summed E-state index contributed by atoms with van der Waals surface area (Å²) in [6, 6.07) is -0.471. The summed E-state index contributed by atoms with van der Waals surface area (Å²) in [4.78, 5) is 25.1. The van der Waals surface area contributed by atoms with Crippen LogP contribution in [0.2, 0.25) is 0 Å². The van der Waals surface area contributed by atoms with Crippen LogP contribution in [-0.2, 0) is 14.3 Å². The van der Waals surface area contributed by atoms with E-state index in [4.69, 9.17) is 10.5 Å². The van der Waals surface area contributed by atoms with Crippen molar-refractivity contribution in [2.45, 2.75) is 38.8 Å². The zero-order valence-corrected chi connectivity index (χ0v) is 13.2. The molecule has 2 amide bonds. The minimum absolute atomic E-state index is 0. The summed E-state index contributed by atoms with van der Waals surface area (Å²) in [6.07, 6.45) is 1.61. The van der Waals surface area contributed by atoms with Crippen molar-refractivity contribution in [2.75, 3.05) is 26.8 Å². The number of halogens is 1. The first-order valence-corrected chi connectivity index (χ1v) is 6.79. The van der Waals surface area contributed by atoms with Crippen molar-refractivity contribution < 1.29 is 14.3 Å². The molecule has 0 radical (unpaired) electrons. The van der Waals surface area contributed by atoms with E-state index in [0.717, 1.165) is 12.8 Å². The number of carbonyl (C=O) groups is 2. The molecule has 20 heavy (non-hydrogen) atoms. The van der Waals surface area contributed by atoms with E-state index in [0.29, 0.717) is 13.2 Å². The lowest BCUT2D eigenvalue weighted by atomic mass is 9.91. The van der Waals surface area contributed by atoms with Gasteiger partial charge in [0.05, 0.1) is 12.6 Å². The summed E-state index contributed by atoms with van der Waals surface area (Å²) in [5, 5.41) is 2.75. The van der Waals surface area contributed by atoms with Gasteiger partial charge in [-0.1, -0.05) is 0 Å². The molecule has 0 bridgehead atoms. The van der Waals surface area contributed by atoms with Crippen LogP contribution in [0, 0.1) is 5.92 Å². The molecule has 0 spiro atoms. The van der Waals surface area contributed by atoms with Crippen LogP contribution < -0.4 is 11.1 Å². The predicted octanol–water partition coefficient (Wildman–Crippen LogP) is 0.145. The quantitative estimate of drug-likeness (QED) is 0.757. The molecule has 3 N–H and O–H groups in total. The number of nitrogens with two attached hydrogens (primary N) is 1. The van der Waals surface area contributed by atoms with E-state index in [9.17, 15) is 9.59 Å². The molecule has 0 aromatic carbocycles. The van der Waals surface area contributed by atoms with Crippen LogP contribution in [-0.4, -0.2) is 55.6 Å². The molecule has 0 aromatic heterocycles. The third kappa shape index (κ3) is 6.07. The minimum Gasteiger partial charge on any atom is -0.381 e. The second-order valence-electron chi connectivity index (χ2n) is 5.39. The van der Waals surface area contributed by atoms with Crippen LogP contribution >= 0.6 is 12.4 Å². The highest BCUT2D eigenvalue weighted by molar-refractivity contribution is 5.87. The molecule has 1 rings (SSSR count). The number of ether oxygens (including phenoxy) is 1. The van der Waals surface area contributed by atoms with Crippen molar-refractivity contribution in [1.29, 1.82) is 0 Å². The van der Waals surface area contributed by atoms with Crippen molar-refractivity contribution >= 4 is 24.2 Å². The van der Waals surface area contributed by atoms with E-state index in [1.165, 1.54) is 4.90 Å². The van der Waals surface area contributed by atoms with E-state index in [2.05, 4.69) is 5.32 Å². The largest absolute Gasteiger partial charge is 0.381 e. The number of likely N-dealkylation sites (N-methyl/N-ethyl adjacent to an activating group) is 1. The fraction of sp³-hybridized carbons (Fsp3) is 0.846. The van der Waals surface area contributed by atoms with Gasteiger partial charge in [0.25, 0.3) is 0 Å². The first-order chi connectivity index (χ1) is 8.91. The van der Waals surface area contributed by atoms with E-state index >= 15 is 0 Å². The highest BCUT2D eigenvalue weighted by atomic mass is 35.5. The van der Waals surface area contributed by atoms with Crippen molar-refractivity contribution in [3.05, 3.63) is 0 Å². The third-order valence-corrected chi connectivity index (χ3v) is 3.27. The molecule has 1 fully saturated rings. The molecular weight excluding hydrogens is 282 g/mol. The lowest BCUT2D eigenvalue weighted by Crippen LogP contribution is -2.50. The Labute approximate surface area is 126 Å². The van der Waals surface area contributed by atoms with Gasteiger partial charge < -0.3 is 20.7 Å². The first kappa shape index (κ1) is 19.1. The maximum absolute atomic E-state index is 12.1. The highest BCUT2D eigenvalue weighted by Crippen LogP contribution is 2.18. The van der Waals surface area contributed by atoms with Gasteiger partial charge >= 0.3 is 0 Å². The van der Waals surface area contributed by atoms with Gasteiger partial charge in [0.2, 0.25) is 11.8 Å². The smallest absolute Gasteiger partial charge is 0.239 e. The van der Waals surface area contributed by atoms with Gasteiger partial charge in [-0.15, -0.1) is 12.4 Å². The standard InChI is InChI=1S/C13H25N3O3.ClH/c1-9(2)15-11(17)8-16(3)13(18)12(14)10-4-6-19-7-5-10;/h9-10,12H,4-8,14H2,1-3H3,(H,15,17);1H. The van der Waals surface area contributed by atoms with Crippen LogP contribution in [0.15, 0.2) is 0 Å². The van der Waals surface area contributed by atoms with Crippen molar-refractivity contribution in [2.24, 2.45) is 11.7 Å². The average molecular weight is 308 g/mol. The van der Waals surface area contributed by atoms with Crippen LogP contribution in [0.5, 0.6) is 0 Å². The molecule has 1 saturated heterocycles. The molecule has 1 aliphatic heterocycles. The number of nitrogens with one attached hydrogen (secondary N) is 1. The average Bonchev–Trinajstić information content (AvgIpc) is 2.36. The Hall–Kier alpha value is -0.850. The van der Waals surface area contributed by atoms with E-state index in [1.54, 1.807) is 7.05 Å². The Morgan fingerprint density at radius 2 is 1.90 bits per heavy atom. The van der Waals surface area contributed by atoms with Crippen LogP contribution in [0.25, 0.3) is 0 Å². The first-order valence-electron chi connectivity index (χ1n) is 6.79. The molecule has 6 nitrogen and oxygen atoms in total. The number of carbonyl (C=O) groups excluding carboxylic acids is 2. The number of rotatable bonds is 5. The highest BCUT2D eigenvalue weighted by Gasteiger charge is 2.29. The maximum Gasteiger partial charge on any atom is 0.239 e. The zero-order chi connectivity index (χ0) is 14.4. The Morgan fingerprint density at radius 1 is 1.35 bits per heavy atom. The van der Waals surface area contributed by atoms with Gasteiger partial charge in [-0.2, -0.15) is 0 Å². The molecule has 0 aliphatic carbocycles. The molecule has 1 atom stereocenters. The Kier molecular flexibility index (Phi) is 8.76. The Morgan fingerprint density at radius 3 is 2.40 bits per heavy atom. The van der Waals surface area contributed by atoms with E-state index in [1.807, 2.05) is 13.8 Å². The molecule has 1 heterocycles. The molecule has 1 aliphatic rings. The maximum atomic E-state index is 12.1. The fourth-order valence-electron chi connectivity index (χ4n) is 2.19. The second kappa shape index (κ2) is 9.15. The fourth-order valence-corrected chi connectivity index (χ4v) is 2.19. The van der Waals surface area contributed by atoms with Crippen LogP contribution in [0.4, 0.5) is 0 Å². The summed E-state index contributed by atoms with van der Waals surface area (Å²) in [5.74, 6) is -0.187. The SMILES string of the molecule is CC(C)NC(=O)CN(C)C(=O)C(N)C1CCOCC1.Cl. The summed E-state index contributed by atoms with van der Waals surface area (Å²) < 4.78 is 5.25.